The fourth-order valence-electron chi connectivity index (χ4n) is 1.42. The van der Waals surface area contributed by atoms with E-state index >= 15 is 0 Å². The number of aromatic nitrogens is 2. The van der Waals surface area contributed by atoms with Crippen molar-refractivity contribution in [2.45, 2.75) is 6.92 Å². The molecule has 0 bridgehead atoms. The van der Waals surface area contributed by atoms with Gasteiger partial charge in [-0.05, 0) is 24.6 Å². The Hall–Kier alpha value is -2.50. The molecule has 1 aromatic heterocycles. The molecule has 6 heteroatoms. The van der Waals surface area contributed by atoms with Gasteiger partial charge in [0.2, 0.25) is 0 Å². The number of methoxy groups -OCH3 is 1. The van der Waals surface area contributed by atoms with E-state index in [9.17, 15) is 9.18 Å². The van der Waals surface area contributed by atoms with Gasteiger partial charge in [0.15, 0.2) is 0 Å². The second-order valence-electron chi connectivity index (χ2n) is 3.88. The summed E-state index contributed by atoms with van der Waals surface area (Å²) in [6.45, 7) is 1.63. The summed E-state index contributed by atoms with van der Waals surface area (Å²) in [7, 11) is 1.45. The predicted octanol–water partition coefficient (Wildman–Crippen LogP) is 2.19. The summed E-state index contributed by atoms with van der Waals surface area (Å²) >= 11 is 0. The van der Waals surface area contributed by atoms with E-state index in [0.717, 1.165) is 0 Å². The van der Waals surface area contributed by atoms with Crippen LogP contribution < -0.4 is 10.1 Å². The standard InChI is InChI=1S/C13H12FN3O2/c1-8-3-4-9(5-11(8)14)12(18)17-10-6-15-13(19-2)16-7-10/h3-7H,1-2H3,(H,17,18). The fraction of sp³-hybridized carbons (Fsp3) is 0.154. The Morgan fingerprint density at radius 2 is 2.00 bits per heavy atom. The van der Waals surface area contributed by atoms with Crippen molar-refractivity contribution in [2.75, 3.05) is 12.4 Å². The Labute approximate surface area is 109 Å². The molecular formula is C13H12FN3O2. The minimum absolute atomic E-state index is 0.208. The van der Waals surface area contributed by atoms with Gasteiger partial charge in [0.25, 0.3) is 5.91 Å². The van der Waals surface area contributed by atoms with E-state index in [1.807, 2.05) is 0 Å². The minimum atomic E-state index is -0.423. The number of nitrogens with one attached hydrogen (secondary N) is 1. The van der Waals surface area contributed by atoms with Crippen molar-refractivity contribution >= 4 is 11.6 Å². The molecular weight excluding hydrogens is 249 g/mol. The van der Waals surface area contributed by atoms with E-state index in [2.05, 4.69) is 15.3 Å². The number of anilines is 1. The Morgan fingerprint density at radius 1 is 1.32 bits per heavy atom. The number of carbonyl (C=O) groups is 1. The highest BCUT2D eigenvalue weighted by atomic mass is 19.1. The van der Waals surface area contributed by atoms with Gasteiger partial charge in [0, 0.05) is 5.56 Å². The third-order valence-corrected chi connectivity index (χ3v) is 2.50. The van der Waals surface area contributed by atoms with Gasteiger partial charge in [0.05, 0.1) is 25.2 Å². The van der Waals surface area contributed by atoms with Crippen molar-refractivity contribution in [3.8, 4) is 6.01 Å². The van der Waals surface area contributed by atoms with Crippen molar-refractivity contribution in [3.05, 3.63) is 47.5 Å². The summed E-state index contributed by atoms with van der Waals surface area (Å²) in [6, 6.07) is 4.50. The van der Waals surface area contributed by atoms with Crippen LogP contribution in [0.3, 0.4) is 0 Å². The lowest BCUT2D eigenvalue weighted by atomic mass is 10.1. The number of rotatable bonds is 3. The Kier molecular flexibility index (Phi) is 3.70. The third-order valence-electron chi connectivity index (χ3n) is 2.50. The van der Waals surface area contributed by atoms with Crippen LogP contribution in [0.5, 0.6) is 6.01 Å². The smallest absolute Gasteiger partial charge is 0.316 e. The molecule has 0 unspecified atom stereocenters. The van der Waals surface area contributed by atoms with Gasteiger partial charge in [-0.15, -0.1) is 0 Å². The molecule has 19 heavy (non-hydrogen) atoms. The third kappa shape index (κ3) is 3.04. The number of halogens is 1. The van der Waals surface area contributed by atoms with Crippen molar-refractivity contribution < 1.29 is 13.9 Å². The maximum atomic E-state index is 13.4. The van der Waals surface area contributed by atoms with Gasteiger partial charge >= 0.3 is 6.01 Å². The van der Waals surface area contributed by atoms with Crippen LogP contribution in [0.1, 0.15) is 15.9 Å². The number of carbonyl (C=O) groups excluding carboxylic acids is 1. The second kappa shape index (κ2) is 5.43. The Bertz CT molecular complexity index is 599. The van der Waals surface area contributed by atoms with Gasteiger partial charge in [0.1, 0.15) is 5.82 Å². The number of nitrogens with zero attached hydrogens (tertiary/aromatic N) is 2. The largest absolute Gasteiger partial charge is 0.467 e. The maximum Gasteiger partial charge on any atom is 0.316 e. The van der Waals surface area contributed by atoms with E-state index in [1.165, 1.54) is 25.6 Å². The van der Waals surface area contributed by atoms with Crippen molar-refractivity contribution in [1.29, 1.82) is 0 Å². The monoisotopic (exact) mass is 261 g/mol. The van der Waals surface area contributed by atoms with Gasteiger partial charge in [-0.3, -0.25) is 4.79 Å². The Morgan fingerprint density at radius 3 is 2.58 bits per heavy atom. The van der Waals surface area contributed by atoms with Crippen LogP contribution >= 0.6 is 0 Å². The first-order valence-electron chi connectivity index (χ1n) is 5.53. The molecule has 0 saturated carbocycles. The lowest BCUT2D eigenvalue weighted by Crippen LogP contribution is -2.12. The van der Waals surface area contributed by atoms with Crippen LogP contribution in [-0.4, -0.2) is 23.0 Å². The highest BCUT2D eigenvalue weighted by molar-refractivity contribution is 6.04. The second-order valence-corrected chi connectivity index (χ2v) is 3.88. The van der Waals surface area contributed by atoms with Crippen LogP contribution in [0.15, 0.2) is 30.6 Å². The van der Waals surface area contributed by atoms with Crippen LogP contribution in [0.25, 0.3) is 0 Å². The summed E-state index contributed by atoms with van der Waals surface area (Å²) in [5.41, 5.74) is 1.13. The molecule has 0 spiro atoms. The van der Waals surface area contributed by atoms with Gasteiger partial charge in [-0.25, -0.2) is 14.4 Å². The van der Waals surface area contributed by atoms with E-state index in [1.54, 1.807) is 19.1 Å². The lowest BCUT2D eigenvalue weighted by molar-refractivity contribution is 0.102. The SMILES string of the molecule is COc1ncc(NC(=O)c2ccc(C)c(F)c2)cn1. The molecule has 0 atom stereocenters. The summed E-state index contributed by atoms with van der Waals surface area (Å²) in [5.74, 6) is -0.841. The fourth-order valence-corrected chi connectivity index (χ4v) is 1.42. The molecule has 2 rings (SSSR count). The minimum Gasteiger partial charge on any atom is -0.467 e. The molecule has 1 aromatic carbocycles. The van der Waals surface area contributed by atoms with Crippen molar-refractivity contribution in [1.82, 2.24) is 9.97 Å². The van der Waals surface area contributed by atoms with Gasteiger partial charge in [-0.2, -0.15) is 0 Å². The van der Waals surface area contributed by atoms with Gasteiger partial charge in [-0.1, -0.05) is 6.07 Å². The molecule has 1 heterocycles. The first kappa shape index (κ1) is 12.9. The first-order chi connectivity index (χ1) is 9.10. The molecule has 0 fully saturated rings. The van der Waals surface area contributed by atoms with Crippen LogP contribution in [0, 0.1) is 12.7 Å². The van der Waals surface area contributed by atoms with E-state index in [0.29, 0.717) is 11.3 Å². The first-order valence-corrected chi connectivity index (χ1v) is 5.53. The average Bonchev–Trinajstić information content (AvgIpc) is 2.42. The molecule has 5 nitrogen and oxygen atoms in total. The normalized spacial score (nSPS) is 10.1. The van der Waals surface area contributed by atoms with E-state index in [4.69, 9.17) is 4.74 Å². The number of benzene rings is 1. The Balaban J connectivity index is 2.13. The highest BCUT2D eigenvalue weighted by Crippen LogP contribution is 2.12. The average molecular weight is 261 g/mol. The van der Waals surface area contributed by atoms with Gasteiger partial charge < -0.3 is 10.1 Å². The zero-order chi connectivity index (χ0) is 13.8. The summed E-state index contributed by atoms with van der Waals surface area (Å²) in [5, 5.41) is 2.57. The molecule has 1 amide bonds. The summed E-state index contributed by atoms with van der Waals surface area (Å²) < 4.78 is 18.2. The van der Waals surface area contributed by atoms with Crippen LogP contribution in [0.2, 0.25) is 0 Å². The van der Waals surface area contributed by atoms with Crippen LogP contribution in [-0.2, 0) is 0 Å². The molecule has 0 aliphatic carbocycles. The summed E-state index contributed by atoms with van der Waals surface area (Å²) in [6.07, 6.45) is 2.82. The maximum absolute atomic E-state index is 13.4. The number of aryl methyl sites for hydroxylation is 1. The lowest BCUT2D eigenvalue weighted by Gasteiger charge is -2.06. The molecule has 98 valence electrons. The topological polar surface area (TPSA) is 64.1 Å². The van der Waals surface area contributed by atoms with E-state index in [-0.39, 0.29) is 11.6 Å². The highest BCUT2D eigenvalue weighted by Gasteiger charge is 2.09. The molecule has 0 radical (unpaired) electrons. The summed E-state index contributed by atoms with van der Waals surface area (Å²) in [4.78, 5) is 19.6. The number of ether oxygens (including phenoxy) is 1. The number of hydrogen-bond acceptors (Lipinski definition) is 4. The van der Waals surface area contributed by atoms with Crippen LogP contribution in [0.4, 0.5) is 10.1 Å². The zero-order valence-corrected chi connectivity index (χ0v) is 10.5. The molecule has 2 aromatic rings. The number of hydrogen-bond donors (Lipinski definition) is 1. The molecule has 0 saturated heterocycles. The molecule has 1 N–H and O–H groups in total. The van der Waals surface area contributed by atoms with E-state index < -0.39 is 11.7 Å². The molecule has 0 aliphatic rings. The quantitative estimate of drug-likeness (QED) is 0.919. The predicted molar refractivity (Wildman–Crippen MR) is 67.7 cm³/mol. The zero-order valence-electron chi connectivity index (χ0n) is 10.5. The van der Waals surface area contributed by atoms with Crippen molar-refractivity contribution in [3.63, 3.8) is 0 Å². The number of amides is 1. The molecule has 0 aliphatic heterocycles. The van der Waals surface area contributed by atoms with Crippen molar-refractivity contribution in [2.24, 2.45) is 0 Å².